The zero-order valence-electron chi connectivity index (χ0n) is 23.7. The number of carbonyl (C=O) groups excluding carboxylic acids is 1. The second kappa shape index (κ2) is 17.6. The fourth-order valence-corrected chi connectivity index (χ4v) is 4.19. The molecule has 216 valence electrons. The summed E-state index contributed by atoms with van der Waals surface area (Å²) in [4.78, 5) is 15.8. The van der Waals surface area contributed by atoms with Gasteiger partial charge in [0.15, 0.2) is 0 Å². The van der Waals surface area contributed by atoms with Gasteiger partial charge in [-0.3, -0.25) is 9.78 Å². The third-order valence-electron chi connectivity index (χ3n) is 5.68. The van der Waals surface area contributed by atoms with Crippen molar-refractivity contribution in [3.8, 4) is 5.75 Å². The highest BCUT2D eigenvalue weighted by Crippen LogP contribution is 2.34. The number of carbonyl (C=O) groups is 1. The van der Waals surface area contributed by atoms with Gasteiger partial charge in [-0.25, -0.2) is 18.1 Å². The number of ether oxygens (including phenoxy) is 2. The molecule has 0 aliphatic carbocycles. The number of alkyl halides is 1. The summed E-state index contributed by atoms with van der Waals surface area (Å²) in [7, 11) is 0.00835. The Morgan fingerprint density at radius 1 is 1.23 bits per heavy atom. The molecule has 1 aromatic heterocycles. The number of hydrogen-bond acceptors (Lipinski definition) is 6. The van der Waals surface area contributed by atoms with Crippen LogP contribution in [0.5, 0.6) is 5.75 Å². The predicted octanol–water partition coefficient (Wildman–Crippen LogP) is 6.03. The van der Waals surface area contributed by atoms with Crippen molar-refractivity contribution >= 4 is 33.9 Å². The molecule has 39 heavy (non-hydrogen) atoms. The van der Waals surface area contributed by atoms with Gasteiger partial charge >= 0.3 is 0 Å². The maximum absolute atomic E-state index is 14.7. The first-order valence-electron chi connectivity index (χ1n) is 12.9. The molecule has 1 saturated heterocycles. The molecule has 0 amide bonds. The highest BCUT2D eigenvalue weighted by atomic mass is 32.2. The Morgan fingerprint density at radius 2 is 1.87 bits per heavy atom. The van der Waals surface area contributed by atoms with Crippen LogP contribution in [0.15, 0.2) is 59.9 Å². The predicted molar refractivity (Wildman–Crippen MR) is 156 cm³/mol. The first-order chi connectivity index (χ1) is 18.6. The van der Waals surface area contributed by atoms with Crippen LogP contribution < -0.4 is 9.88 Å². The van der Waals surface area contributed by atoms with Crippen LogP contribution in [0.4, 0.5) is 8.78 Å². The van der Waals surface area contributed by atoms with Crippen molar-refractivity contribution in [1.82, 2.24) is 9.88 Å². The van der Waals surface area contributed by atoms with Crippen LogP contribution in [0.2, 0.25) is 0 Å². The van der Waals surface area contributed by atoms with E-state index in [9.17, 15) is 17.8 Å². The molecule has 2 N–H and O–H groups in total. The lowest BCUT2D eigenvalue weighted by molar-refractivity contribution is -0.131. The number of nitrogens with zero attached hydrogens (tertiary/aromatic N) is 2. The van der Waals surface area contributed by atoms with E-state index in [2.05, 4.69) is 28.2 Å². The first-order valence-corrected chi connectivity index (χ1v) is 14.2. The number of nitrogens with two attached hydrogens (primary N) is 1. The Hall–Kier alpha value is -2.95. The second-order valence-electron chi connectivity index (χ2n) is 8.84. The standard InChI is InChI=1S/C23H27F2N3O2S.C4H8O2.C2H6/c1-4-22(31(26)29)20(25)14-19(15(2)24)17-6-5-7-18-21(8-11-27-23(17)18)30-16-9-12-28(3)13-10-16;1-4(2)6-3-5;1-2/h4-8,11,14-16H,1,9-10,12-13,26H2,2-3H3;3-4H,1-2H3;1-2H3/b19-14+,22-20-;;. The SMILES string of the molecule is C=C/C(=C(F)\C=C(\c1cccc2c(OC3CCN(C)CC3)ccnc12)C(C)F)S(N)=O.CC.CC(C)OC=O. The summed E-state index contributed by atoms with van der Waals surface area (Å²) in [6.45, 7) is 14.7. The van der Waals surface area contributed by atoms with E-state index in [1.165, 1.54) is 6.92 Å². The number of piperidine rings is 1. The molecule has 10 heteroatoms. The van der Waals surface area contributed by atoms with Gasteiger partial charge in [-0.1, -0.05) is 32.6 Å². The lowest BCUT2D eigenvalue weighted by Crippen LogP contribution is -2.35. The van der Waals surface area contributed by atoms with Crippen molar-refractivity contribution in [3.05, 3.63) is 65.5 Å². The summed E-state index contributed by atoms with van der Waals surface area (Å²) in [5.74, 6) is -0.232. The summed E-state index contributed by atoms with van der Waals surface area (Å²) in [5, 5.41) is 6.02. The van der Waals surface area contributed by atoms with Gasteiger partial charge in [0.1, 0.15) is 34.8 Å². The molecular weight excluding hydrogens is 524 g/mol. The minimum Gasteiger partial charge on any atom is -0.490 e. The van der Waals surface area contributed by atoms with Crippen molar-refractivity contribution in [2.75, 3.05) is 20.1 Å². The maximum Gasteiger partial charge on any atom is 0.293 e. The van der Waals surface area contributed by atoms with Gasteiger partial charge in [0.2, 0.25) is 0 Å². The van der Waals surface area contributed by atoms with Gasteiger partial charge in [0.25, 0.3) is 6.47 Å². The van der Waals surface area contributed by atoms with Crippen molar-refractivity contribution in [2.24, 2.45) is 5.14 Å². The van der Waals surface area contributed by atoms with E-state index < -0.39 is 23.0 Å². The Morgan fingerprint density at radius 3 is 2.36 bits per heavy atom. The van der Waals surface area contributed by atoms with Crippen LogP contribution in [0, 0.1) is 0 Å². The number of allylic oxidation sites excluding steroid dienone is 4. The normalized spacial score (nSPS) is 16.6. The third kappa shape index (κ3) is 10.6. The summed E-state index contributed by atoms with van der Waals surface area (Å²) >= 11 is 0. The topological polar surface area (TPSA) is 94.8 Å². The molecule has 2 aromatic rings. The maximum atomic E-state index is 14.7. The molecule has 0 spiro atoms. The van der Waals surface area contributed by atoms with E-state index in [4.69, 9.17) is 9.88 Å². The molecule has 1 fully saturated rings. The minimum absolute atomic E-state index is 0.0301. The minimum atomic E-state index is -2.08. The van der Waals surface area contributed by atoms with Crippen molar-refractivity contribution in [2.45, 2.75) is 65.8 Å². The van der Waals surface area contributed by atoms with Crippen LogP contribution in [0.3, 0.4) is 0 Å². The number of aromatic nitrogens is 1. The van der Waals surface area contributed by atoms with Gasteiger partial charge in [-0.15, -0.1) is 0 Å². The number of pyridine rings is 1. The Balaban J connectivity index is 0.000000839. The highest BCUT2D eigenvalue weighted by molar-refractivity contribution is 7.87. The Kier molecular flexibility index (Phi) is 15.4. The van der Waals surface area contributed by atoms with E-state index in [0.717, 1.165) is 43.5 Å². The summed E-state index contributed by atoms with van der Waals surface area (Å²) in [6.07, 6.45) is 4.14. The van der Waals surface area contributed by atoms with Gasteiger partial charge in [0.05, 0.1) is 16.5 Å². The average Bonchev–Trinajstić information content (AvgIpc) is 2.90. The van der Waals surface area contributed by atoms with Gasteiger partial charge in [0, 0.05) is 30.2 Å². The van der Waals surface area contributed by atoms with Gasteiger partial charge in [-0.05, 0) is 70.5 Å². The molecule has 7 nitrogen and oxygen atoms in total. The molecule has 0 saturated carbocycles. The Bertz CT molecular complexity index is 1160. The quantitative estimate of drug-likeness (QED) is 0.295. The molecule has 2 heterocycles. The monoisotopic (exact) mass is 565 g/mol. The first kappa shape index (κ1) is 34.1. The van der Waals surface area contributed by atoms with Crippen molar-refractivity contribution in [3.63, 3.8) is 0 Å². The summed E-state index contributed by atoms with van der Waals surface area (Å²) < 4.78 is 51.4. The third-order valence-corrected chi connectivity index (χ3v) is 6.47. The zero-order chi connectivity index (χ0) is 29.5. The van der Waals surface area contributed by atoms with Crippen LogP contribution >= 0.6 is 0 Å². The molecule has 3 rings (SSSR count). The van der Waals surface area contributed by atoms with Crippen molar-refractivity contribution < 1.29 is 27.3 Å². The van der Waals surface area contributed by atoms with Crippen LogP contribution in [-0.2, 0) is 20.5 Å². The van der Waals surface area contributed by atoms with E-state index >= 15 is 0 Å². The lowest BCUT2D eigenvalue weighted by Gasteiger charge is -2.29. The van der Waals surface area contributed by atoms with E-state index in [1.807, 2.05) is 19.9 Å². The molecular formula is C29H41F2N3O4S. The molecule has 1 aliphatic rings. The second-order valence-corrected chi connectivity index (χ2v) is 9.88. The van der Waals surface area contributed by atoms with Gasteiger partial charge in [-0.2, -0.15) is 0 Å². The number of hydrogen-bond donors (Lipinski definition) is 1. The average molecular weight is 566 g/mol. The molecule has 2 unspecified atom stereocenters. The van der Waals surface area contributed by atoms with Gasteiger partial charge < -0.3 is 14.4 Å². The van der Waals surface area contributed by atoms with Crippen LogP contribution in [0.25, 0.3) is 16.5 Å². The lowest BCUT2D eigenvalue weighted by atomic mass is 9.98. The fourth-order valence-electron chi connectivity index (χ4n) is 3.77. The number of likely N-dealkylation sites (tertiary alicyclic amines) is 1. The zero-order valence-corrected chi connectivity index (χ0v) is 24.5. The van der Waals surface area contributed by atoms with Crippen LogP contribution in [-0.4, -0.2) is 59.1 Å². The largest absolute Gasteiger partial charge is 0.490 e. The van der Waals surface area contributed by atoms with E-state index in [0.29, 0.717) is 23.3 Å². The van der Waals surface area contributed by atoms with E-state index in [1.54, 1.807) is 38.2 Å². The van der Waals surface area contributed by atoms with E-state index in [-0.39, 0.29) is 22.7 Å². The molecule has 1 aromatic carbocycles. The highest BCUT2D eigenvalue weighted by Gasteiger charge is 2.21. The smallest absolute Gasteiger partial charge is 0.293 e. The number of benzene rings is 1. The summed E-state index contributed by atoms with van der Waals surface area (Å²) in [5.41, 5.74) is 1.00. The fraction of sp³-hybridized carbons (Fsp3) is 0.448. The number of rotatable bonds is 9. The Labute approximate surface area is 233 Å². The van der Waals surface area contributed by atoms with Crippen LogP contribution in [0.1, 0.15) is 53.0 Å². The number of fused-ring (bicyclic) bond motifs is 1. The number of halogens is 2. The number of para-hydroxylation sites is 1. The van der Waals surface area contributed by atoms with Crippen molar-refractivity contribution in [1.29, 1.82) is 0 Å². The molecule has 0 bridgehead atoms. The molecule has 0 radical (unpaired) electrons. The summed E-state index contributed by atoms with van der Waals surface area (Å²) in [6, 6.07) is 7.08. The molecule has 2 atom stereocenters. The molecule has 1 aliphatic heterocycles.